The van der Waals surface area contributed by atoms with Gasteiger partial charge in [-0.05, 0) is 48.0 Å². The minimum atomic E-state index is -0.262. The first-order chi connectivity index (χ1) is 19.7. The average molecular weight is 517 g/mol. The molecule has 0 saturated heterocycles. The van der Waals surface area contributed by atoms with E-state index < -0.39 is 0 Å². The number of nitrogens with zero attached hydrogens (tertiary/aromatic N) is 2. The topological polar surface area (TPSA) is 38.9 Å². The summed E-state index contributed by atoms with van der Waals surface area (Å²) < 4.78 is 19.7. The van der Waals surface area contributed by atoms with Gasteiger partial charge in [-0.1, -0.05) is 84.9 Å². The molecule has 0 fully saturated rings. The first-order valence-corrected chi connectivity index (χ1v) is 13.2. The van der Waals surface area contributed by atoms with E-state index in [0.717, 1.165) is 77.4 Å². The molecule has 5 aromatic carbocycles. The van der Waals surface area contributed by atoms with Crippen molar-refractivity contribution in [3.8, 4) is 33.6 Å². The normalized spacial score (nSPS) is 11.6. The number of aromatic nitrogens is 2. The van der Waals surface area contributed by atoms with Crippen LogP contribution in [0.15, 0.2) is 132 Å². The lowest BCUT2D eigenvalue weighted by molar-refractivity contribution is 0.628. The van der Waals surface area contributed by atoms with E-state index in [1.807, 2.05) is 36.4 Å². The molecule has 0 spiro atoms. The molecule has 0 aliphatic carbocycles. The second-order valence-electron chi connectivity index (χ2n) is 9.97. The number of pyridine rings is 2. The van der Waals surface area contributed by atoms with Gasteiger partial charge >= 0.3 is 0 Å². The molecule has 3 aromatic heterocycles. The van der Waals surface area contributed by atoms with Crippen LogP contribution in [0.2, 0.25) is 0 Å². The smallest absolute Gasteiger partial charge is 0.143 e. The summed E-state index contributed by atoms with van der Waals surface area (Å²) in [7, 11) is 0. The zero-order chi connectivity index (χ0) is 26.6. The molecule has 3 nitrogen and oxygen atoms in total. The lowest BCUT2D eigenvalue weighted by Gasteiger charge is -2.09. The summed E-state index contributed by atoms with van der Waals surface area (Å²) in [5.74, 6) is -0.262. The van der Waals surface area contributed by atoms with Gasteiger partial charge in [0.1, 0.15) is 17.0 Å². The van der Waals surface area contributed by atoms with Crippen LogP contribution >= 0.6 is 0 Å². The van der Waals surface area contributed by atoms with Crippen molar-refractivity contribution >= 4 is 43.7 Å². The number of benzene rings is 5. The Morgan fingerprint density at radius 2 is 1.02 bits per heavy atom. The van der Waals surface area contributed by atoms with Crippen LogP contribution in [0.1, 0.15) is 0 Å². The van der Waals surface area contributed by atoms with Crippen LogP contribution in [-0.2, 0) is 0 Å². The number of halogens is 1. The number of fused-ring (bicyclic) bond motifs is 6. The molecule has 188 valence electrons. The highest BCUT2D eigenvalue weighted by Crippen LogP contribution is 2.36. The number of furan rings is 1. The van der Waals surface area contributed by atoms with E-state index in [1.54, 1.807) is 12.1 Å². The first-order valence-electron chi connectivity index (χ1n) is 13.2. The highest BCUT2D eigenvalue weighted by molar-refractivity contribution is 6.09. The highest BCUT2D eigenvalue weighted by atomic mass is 19.1. The van der Waals surface area contributed by atoms with Gasteiger partial charge in [-0.15, -0.1) is 0 Å². The molecule has 40 heavy (non-hydrogen) atoms. The Morgan fingerprint density at radius 1 is 0.475 bits per heavy atom. The third kappa shape index (κ3) is 3.65. The fraction of sp³-hybridized carbons (Fsp3) is 0. The summed E-state index contributed by atoms with van der Waals surface area (Å²) in [5.41, 5.74) is 9.17. The molecular weight excluding hydrogens is 495 g/mol. The van der Waals surface area contributed by atoms with Gasteiger partial charge in [0.2, 0.25) is 0 Å². The fourth-order valence-corrected chi connectivity index (χ4v) is 5.50. The molecule has 0 saturated carbocycles. The van der Waals surface area contributed by atoms with Crippen molar-refractivity contribution in [2.45, 2.75) is 0 Å². The molecule has 0 unspecified atom stereocenters. The number of para-hydroxylation sites is 2. The van der Waals surface area contributed by atoms with E-state index >= 15 is 0 Å². The first kappa shape index (κ1) is 22.6. The molecule has 8 aromatic rings. The van der Waals surface area contributed by atoms with E-state index in [4.69, 9.17) is 14.4 Å². The molecule has 0 radical (unpaired) electrons. The maximum Gasteiger partial charge on any atom is 0.143 e. The number of rotatable bonds is 3. The number of hydrogen-bond donors (Lipinski definition) is 0. The molecule has 0 atom stereocenters. The largest absolute Gasteiger partial charge is 0.455 e. The van der Waals surface area contributed by atoms with Gasteiger partial charge in [0, 0.05) is 38.2 Å². The van der Waals surface area contributed by atoms with Crippen molar-refractivity contribution in [2.75, 3.05) is 0 Å². The Hall–Kier alpha value is -5.35. The predicted octanol–water partition coefficient (Wildman–Crippen LogP) is 9.82. The van der Waals surface area contributed by atoms with Crippen molar-refractivity contribution in [1.82, 2.24) is 9.97 Å². The Morgan fingerprint density at radius 3 is 1.70 bits per heavy atom. The van der Waals surface area contributed by atoms with Gasteiger partial charge in [0.15, 0.2) is 0 Å². The quantitative estimate of drug-likeness (QED) is 0.219. The third-order valence-electron chi connectivity index (χ3n) is 7.56. The van der Waals surface area contributed by atoms with Crippen molar-refractivity contribution < 1.29 is 8.81 Å². The van der Waals surface area contributed by atoms with Gasteiger partial charge in [0.05, 0.1) is 22.4 Å². The maximum absolute atomic E-state index is 13.5. The van der Waals surface area contributed by atoms with E-state index in [1.165, 1.54) is 12.1 Å². The summed E-state index contributed by atoms with van der Waals surface area (Å²) in [6.45, 7) is 0. The molecule has 0 aliphatic rings. The second kappa shape index (κ2) is 8.85. The minimum Gasteiger partial charge on any atom is -0.455 e. The highest BCUT2D eigenvalue weighted by Gasteiger charge is 2.13. The maximum atomic E-state index is 13.5. The minimum absolute atomic E-state index is 0.262. The zero-order valence-electron chi connectivity index (χ0n) is 21.3. The molecule has 4 heteroatoms. The Labute approximate surface area is 229 Å². The number of hydrogen-bond acceptors (Lipinski definition) is 3. The van der Waals surface area contributed by atoms with Crippen molar-refractivity contribution in [2.24, 2.45) is 0 Å². The van der Waals surface area contributed by atoms with Crippen LogP contribution in [0.4, 0.5) is 4.39 Å². The summed E-state index contributed by atoms with van der Waals surface area (Å²) in [6.07, 6.45) is 0. The standard InChI is InChI=1S/C36H21FN2O/c37-27-18-14-24(15-19-27)32-21-17-26-13-12-25-16-20-31(38-34(25)35(26)39-32)23-10-8-22(9-11-23)28-5-3-6-30-29-4-1-2-7-33(29)40-36(28)30/h1-21H. The van der Waals surface area contributed by atoms with Crippen LogP contribution in [0.3, 0.4) is 0 Å². The van der Waals surface area contributed by atoms with E-state index in [-0.39, 0.29) is 5.82 Å². The van der Waals surface area contributed by atoms with E-state index in [2.05, 4.69) is 66.7 Å². The van der Waals surface area contributed by atoms with Crippen molar-refractivity contribution in [1.29, 1.82) is 0 Å². The summed E-state index contributed by atoms with van der Waals surface area (Å²) in [4.78, 5) is 10.0. The molecule has 0 aliphatic heterocycles. The van der Waals surface area contributed by atoms with E-state index in [9.17, 15) is 4.39 Å². The lowest BCUT2D eigenvalue weighted by atomic mass is 10.00. The van der Waals surface area contributed by atoms with Crippen LogP contribution in [0.5, 0.6) is 0 Å². The summed E-state index contributed by atoms with van der Waals surface area (Å²) >= 11 is 0. The molecule has 8 rings (SSSR count). The van der Waals surface area contributed by atoms with Gasteiger partial charge in [-0.25, -0.2) is 14.4 Å². The van der Waals surface area contributed by atoms with Gasteiger partial charge in [0.25, 0.3) is 0 Å². The van der Waals surface area contributed by atoms with E-state index in [0.29, 0.717) is 0 Å². The molecule has 0 bridgehead atoms. The molecular formula is C36H21FN2O. The van der Waals surface area contributed by atoms with Crippen molar-refractivity contribution in [3.05, 3.63) is 133 Å². The Kier molecular flexibility index (Phi) is 5.01. The Balaban J connectivity index is 1.21. The van der Waals surface area contributed by atoms with Crippen LogP contribution < -0.4 is 0 Å². The fourth-order valence-electron chi connectivity index (χ4n) is 5.50. The third-order valence-corrected chi connectivity index (χ3v) is 7.56. The summed E-state index contributed by atoms with van der Waals surface area (Å²) in [5, 5.41) is 4.28. The Bertz CT molecular complexity index is 2210. The summed E-state index contributed by atoms with van der Waals surface area (Å²) in [6, 6.07) is 41.6. The predicted molar refractivity (Wildman–Crippen MR) is 161 cm³/mol. The van der Waals surface area contributed by atoms with Crippen molar-refractivity contribution in [3.63, 3.8) is 0 Å². The lowest BCUT2D eigenvalue weighted by Crippen LogP contribution is -1.91. The van der Waals surface area contributed by atoms with Gasteiger partial charge < -0.3 is 4.42 Å². The van der Waals surface area contributed by atoms with Gasteiger partial charge in [-0.2, -0.15) is 0 Å². The van der Waals surface area contributed by atoms with Crippen LogP contribution in [-0.4, -0.2) is 9.97 Å². The monoisotopic (exact) mass is 516 g/mol. The zero-order valence-corrected chi connectivity index (χ0v) is 21.3. The molecule has 0 N–H and O–H groups in total. The van der Waals surface area contributed by atoms with Crippen LogP contribution in [0, 0.1) is 5.82 Å². The SMILES string of the molecule is Fc1ccc(-c2ccc3ccc4ccc(-c5ccc(-c6cccc7c6oc6ccccc67)cc5)nc4c3n2)cc1. The van der Waals surface area contributed by atoms with Gasteiger partial charge in [-0.3, -0.25) is 0 Å². The molecule has 3 heterocycles. The van der Waals surface area contributed by atoms with Crippen LogP contribution in [0.25, 0.3) is 77.4 Å². The average Bonchev–Trinajstić information content (AvgIpc) is 3.40. The second-order valence-corrected chi connectivity index (χ2v) is 9.97. The molecule has 0 amide bonds.